The molecule has 2 aromatic rings. The van der Waals surface area contributed by atoms with Crippen molar-refractivity contribution in [3.8, 4) is 5.88 Å². The summed E-state index contributed by atoms with van der Waals surface area (Å²) in [7, 11) is 3.51. The molecule has 132 valence electrons. The number of fused-ring (bicyclic) bond motifs is 1. The average Bonchev–Trinajstić information content (AvgIpc) is 2.67. The van der Waals surface area contributed by atoms with E-state index in [0.717, 1.165) is 36.7 Å². The fraction of sp³-hybridized carbons (Fsp3) is 0.368. The second-order valence-electron chi connectivity index (χ2n) is 6.08. The summed E-state index contributed by atoms with van der Waals surface area (Å²) < 4.78 is 7.73. The molecule has 0 spiro atoms. The van der Waals surface area contributed by atoms with Crippen molar-refractivity contribution in [2.45, 2.75) is 23.8 Å². The number of pyridine rings is 1. The highest BCUT2D eigenvalue weighted by Crippen LogP contribution is 2.34. The Kier molecular flexibility index (Phi) is 5.60. The monoisotopic (exact) mass is 357 g/mol. The molecule has 1 amide bonds. The molecule has 0 bridgehead atoms. The van der Waals surface area contributed by atoms with E-state index in [1.807, 2.05) is 30.1 Å². The number of ether oxygens (including phenoxy) is 1. The molecule has 0 aliphatic carbocycles. The minimum Gasteiger partial charge on any atom is -0.481 e. The van der Waals surface area contributed by atoms with E-state index in [4.69, 9.17) is 4.74 Å². The van der Waals surface area contributed by atoms with Crippen molar-refractivity contribution in [1.82, 2.24) is 14.2 Å². The molecule has 0 saturated carbocycles. The summed E-state index contributed by atoms with van der Waals surface area (Å²) in [4.78, 5) is 19.0. The summed E-state index contributed by atoms with van der Waals surface area (Å²) in [5.74, 6) is 0.656. The second kappa shape index (κ2) is 7.89. The summed E-state index contributed by atoms with van der Waals surface area (Å²) in [6.07, 6.45) is 5.11. The summed E-state index contributed by atoms with van der Waals surface area (Å²) in [6.45, 7) is 5.46. The number of benzene rings is 1. The molecule has 6 heteroatoms. The van der Waals surface area contributed by atoms with Gasteiger partial charge in [0.25, 0.3) is 0 Å². The molecule has 25 heavy (non-hydrogen) atoms. The van der Waals surface area contributed by atoms with Gasteiger partial charge in [0.2, 0.25) is 11.8 Å². The van der Waals surface area contributed by atoms with Crippen LogP contribution in [0.25, 0.3) is 10.8 Å². The largest absolute Gasteiger partial charge is 0.481 e. The van der Waals surface area contributed by atoms with E-state index in [1.165, 1.54) is 11.0 Å². The third-order valence-corrected chi connectivity index (χ3v) is 5.82. The van der Waals surface area contributed by atoms with Crippen molar-refractivity contribution in [3.05, 3.63) is 43.1 Å². The Bertz CT molecular complexity index is 772. The number of piperidine rings is 1. The molecular weight excluding hydrogens is 334 g/mol. The molecule has 5 nitrogen and oxygen atoms in total. The first kappa shape index (κ1) is 17.8. The number of aromatic nitrogens is 1. The van der Waals surface area contributed by atoms with Gasteiger partial charge in [-0.2, -0.15) is 0 Å². The number of methoxy groups -OCH3 is 1. The van der Waals surface area contributed by atoms with Crippen LogP contribution in [0.5, 0.6) is 5.88 Å². The van der Waals surface area contributed by atoms with Crippen LogP contribution in [0.15, 0.2) is 48.0 Å². The molecule has 2 heterocycles. The van der Waals surface area contributed by atoms with Gasteiger partial charge in [-0.15, -0.1) is 0 Å². The summed E-state index contributed by atoms with van der Waals surface area (Å²) in [6, 6.07) is 8.53. The van der Waals surface area contributed by atoms with E-state index in [9.17, 15) is 4.79 Å². The van der Waals surface area contributed by atoms with Crippen molar-refractivity contribution in [2.24, 2.45) is 0 Å². The Labute approximate surface area is 152 Å². The van der Waals surface area contributed by atoms with Crippen LogP contribution in [0.2, 0.25) is 0 Å². The number of likely N-dealkylation sites (N-methyl/N-ethyl adjacent to an activating group) is 1. The number of carbonyl (C=O) groups excluding carboxylic acids is 1. The van der Waals surface area contributed by atoms with Gasteiger partial charge in [-0.25, -0.2) is 9.29 Å². The number of hydrogen-bond acceptors (Lipinski definition) is 5. The first-order valence-corrected chi connectivity index (χ1v) is 9.15. The van der Waals surface area contributed by atoms with E-state index in [1.54, 1.807) is 25.3 Å². The van der Waals surface area contributed by atoms with Gasteiger partial charge in [-0.3, -0.25) is 4.79 Å². The molecule has 1 aliphatic heterocycles. The normalized spacial score (nSPS) is 15.9. The summed E-state index contributed by atoms with van der Waals surface area (Å²) in [5, 5.41) is 2.18. The van der Waals surface area contributed by atoms with E-state index in [-0.39, 0.29) is 5.91 Å². The van der Waals surface area contributed by atoms with E-state index in [0.29, 0.717) is 11.9 Å². The highest BCUT2D eigenvalue weighted by molar-refractivity contribution is 7.97. The van der Waals surface area contributed by atoms with E-state index in [2.05, 4.69) is 21.9 Å². The second-order valence-corrected chi connectivity index (χ2v) is 7.22. The molecule has 1 aromatic carbocycles. The van der Waals surface area contributed by atoms with Crippen molar-refractivity contribution in [1.29, 1.82) is 0 Å². The van der Waals surface area contributed by atoms with Crippen LogP contribution in [0, 0.1) is 0 Å². The van der Waals surface area contributed by atoms with Crippen LogP contribution >= 0.6 is 11.9 Å². The van der Waals surface area contributed by atoms with Crippen LogP contribution in [0.3, 0.4) is 0 Å². The van der Waals surface area contributed by atoms with E-state index >= 15 is 0 Å². The van der Waals surface area contributed by atoms with Gasteiger partial charge in [0.05, 0.1) is 7.11 Å². The number of carbonyl (C=O) groups is 1. The Morgan fingerprint density at radius 1 is 1.36 bits per heavy atom. The van der Waals surface area contributed by atoms with Crippen molar-refractivity contribution in [2.75, 3.05) is 27.2 Å². The van der Waals surface area contributed by atoms with E-state index < -0.39 is 0 Å². The zero-order valence-electron chi connectivity index (χ0n) is 14.6. The number of hydrogen-bond donors (Lipinski definition) is 0. The average molecular weight is 357 g/mol. The van der Waals surface area contributed by atoms with Crippen molar-refractivity contribution in [3.63, 3.8) is 0 Å². The zero-order chi connectivity index (χ0) is 17.8. The molecule has 1 fully saturated rings. The molecule has 3 rings (SSSR count). The Hall–Kier alpha value is -2.05. The summed E-state index contributed by atoms with van der Waals surface area (Å²) >= 11 is 1.77. The fourth-order valence-corrected chi connectivity index (χ4v) is 4.26. The van der Waals surface area contributed by atoms with Gasteiger partial charge in [-0.1, -0.05) is 12.6 Å². The Balaban J connectivity index is 1.70. The summed E-state index contributed by atoms with van der Waals surface area (Å²) in [5.41, 5.74) is 0. The maximum atomic E-state index is 11.8. The predicted molar refractivity (Wildman–Crippen MR) is 102 cm³/mol. The van der Waals surface area contributed by atoms with Gasteiger partial charge in [-0.05, 0) is 49.1 Å². The SMILES string of the molecule is C=CC(=O)N(C)C1CCN(Sc2cccc3c(OC)nccc23)CC1. The third kappa shape index (κ3) is 3.80. The van der Waals surface area contributed by atoms with Crippen LogP contribution in [-0.4, -0.2) is 53.4 Å². The van der Waals surface area contributed by atoms with Crippen LogP contribution in [0.1, 0.15) is 12.8 Å². The van der Waals surface area contributed by atoms with Gasteiger partial charge in [0.15, 0.2) is 0 Å². The Morgan fingerprint density at radius 2 is 2.12 bits per heavy atom. The molecule has 1 aliphatic rings. The van der Waals surface area contributed by atoms with Crippen LogP contribution in [-0.2, 0) is 4.79 Å². The third-order valence-electron chi connectivity index (χ3n) is 4.64. The number of nitrogens with zero attached hydrogens (tertiary/aromatic N) is 3. The smallest absolute Gasteiger partial charge is 0.245 e. The minimum atomic E-state index is -0.000230. The molecule has 0 radical (unpaired) electrons. The lowest BCUT2D eigenvalue weighted by molar-refractivity contribution is -0.127. The highest BCUT2D eigenvalue weighted by atomic mass is 32.2. The van der Waals surface area contributed by atoms with Crippen molar-refractivity contribution >= 4 is 28.6 Å². The van der Waals surface area contributed by atoms with Crippen LogP contribution < -0.4 is 4.74 Å². The first-order chi connectivity index (χ1) is 12.1. The molecule has 0 unspecified atom stereocenters. The Morgan fingerprint density at radius 3 is 2.80 bits per heavy atom. The molecular formula is C19H23N3O2S. The predicted octanol–water partition coefficient (Wildman–Crippen LogP) is 3.36. The maximum Gasteiger partial charge on any atom is 0.245 e. The number of amides is 1. The lowest BCUT2D eigenvalue weighted by Gasteiger charge is -2.35. The lowest BCUT2D eigenvalue weighted by Crippen LogP contribution is -2.43. The van der Waals surface area contributed by atoms with Gasteiger partial charge in [0, 0.05) is 48.0 Å². The quantitative estimate of drug-likeness (QED) is 0.606. The minimum absolute atomic E-state index is 0.000230. The van der Waals surface area contributed by atoms with Crippen LogP contribution in [0.4, 0.5) is 0 Å². The lowest BCUT2D eigenvalue weighted by atomic mass is 10.1. The number of rotatable bonds is 5. The topological polar surface area (TPSA) is 45.7 Å². The molecule has 0 N–H and O–H groups in total. The fourth-order valence-electron chi connectivity index (χ4n) is 3.18. The first-order valence-electron chi connectivity index (χ1n) is 8.38. The van der Waals surface area contributed by atoms with Gasteiger partial charge in [0.1, 0.15) is 0 Å². The molecule has 1 aromatic heterocycles. The van der Waals surface area contributed by atoms with Crippen molar-refractivity contribution < 1.29 is 9.53 Å². The highest BCUT2D eigenvalue weighted by Gasteiger charge is 2.25. The van der Waals surface area contributed by atoms with Gasteiger partial charge >= 0.3 is 0 Å². The standard InChI is InChI=1S/C19H23N3O2S/c1-4-18(23)21(2)14-9-12-22(13-10-14)25-17-7-5-6-16-15(17)8-11-20-19(16)24-3/h4-8,11,14H,1,9-10,12-13H2,2-3H3. The molecule has 0 atom stereocenters. The zero-order valence-corrected chi connectivity index (χ0v) is 15.5. The molecule has 1 saturated heterocycles. The maximum absolute atomic E-state index is 11.8. The van der Waals surface area contributed by atoms with Gasteiger partial charge < -0.3 is 9.64 Å².